The Balaban J connectivity index is 2.01. The van der Waals surface area contributed by atoms with E-state index >= 15 is 0 Å². The molecule has 0 aliphatic heterocycles. The van der Waals surface area contributed by atoms with Crippen LogP contribution in [0, 0.1) is 0 Å². The lowest BCUT2D eigenvalue weighted by Gasteiger charge is -2.20. The van der Waals surface area contributed by atoms with Crippen molar-refractivity contribution in [1.82, 2.24) is 24.5 Å². The summed E-state index contributed by atoms with van der Waals surface area (Å²) in [5.74, 6) is -0.376. The Bertz CT molecular complexity index is 1260. The van der Waals surface area contributed by atoms with Crippen LogP contribution in [0.2, 0.25) is 5.28 Å². The third kappa shape index (κ3) is 4.51. The molecule has 3 heterocycles. The zero-order chi connectivity index (χ0) is 22.3. The van der Waals surface area contributed by atoms with Crippen LogP contribution >= 0.6 is 11.6 Å². The van der Waals surface area contributed by atoms with Crippen molar-refractivity contribution in [3.63, 3.8) is 0 Å². The lowest BCUT2D eigenvalue weighted by atomic mass is 10.3. The van der Waals surface area contributed by atoms with Crippen LogP contribution in [0.5, 0.6) is 0 Å². The highest BCUT2D eigenvalue weighted by atomic mass is 35.5. The van der Waals surface area contributed by atoms with Gasteiger partial charge in [0, 0.05) is 12.5 Å². The maximum atomic E-state index is 13.3. The Kier molecular flexibility index (Phi) is 5.69. The maximum Gasteiger partial charge on any atom is 0.409 e. The fraction of sp³-hybridized carbons (Fsp3) is 0.312. The molecule has 0 fully saturated rings. The Morgan fingerprint density at radius 1 is 1.20 bits per heavy atom. The molecule has 0 aliphatic carbocycles. The van der Waals surface area contributed by atoms with E-state index in [-0.39, 0.29) is 33.7 Å². The number of rotatable bonds is 5. The number of pyridine rings is 1. The number of nitrogens with one attached hydrogen (secondary N) is 1. The molecular weight excluding hydrogens is 449 g/mol. The summed E-state index contributed by atoms with van der Waals surface area (Å²) in [5, 5.41) is 2.30. The monoisotopic (exact) mass is 462 g/mol. The molecule has 0 aliphatic rings. The van der Waals surface area contributed by atoms with Gasteiger partial charge in [0.15, 0.2) is 21.3 Å². The number of alkyl halides is 3. The van der Waals surface area contributed by atoms with E-state index in [0.29, 0.717) is 10.3 Å². The van der Waals surface area contributed by atoms with Crippen LogP contribution in [0.25, 0.3) is 11.2 Å². The molecule has 0 amide bonds. The topological polar surface area (TPSA) is 120 Å². The van der Waals surface area contributed by atoms with E-state index in [9.17, 15) is 26.4 Å². The van der Waals surface area contributed by atoms with Gasteiger partial charge in [0.25, 0.3) is 5.56 Å². The highest BCUT2D eigenvalue weighted by molar-refractivity contribution is 7.90. The third-order valence-electron chi connectivity index (χ3n) is 4.13. The molecule has 0 spiro atoms. The SMILES string of the molecule is C[C@H](n1c(=O)c(NCc2ccc(S(C)(=O)=O)cn2)nc2cnc(Cl)nc21)C(F)(F)F. The van der Waals surface area contributed by atoms with Gasteiger partial charge in [-0.05, 0) is 30.7 Å². The van der Waals surface area contributed by atoms with Crippen molar-refractivity contribution >= 4 is 38.4 Å². The molecule has 1 atom stereocenters. The van der Waals surface area contributed by atoms with Crippen LogP contribution in [0.4, 0.5) is 19.0 Å². The van der Waals surface area contributed by atoms with Crippen molar-refractivity contribution in [2.75, 3.05) is 11.6 Å². The molecule has 0 unspecified atom stereocenters. The molecule has 14 heteroatoms. The van der Waals surface area contributed by atoms with Crippen LogP contribution < -0.4 is 10.9 Å². The molecule has 0 aromatic carbocycles. The lowest BCUT2D eigenvalue weighted by molar-refractivity contribution is -0.162. The maximum absolute atomic E-state index is 13.3. The van der Waals surface area contributed by atoms with Gasteiger partial charge < -0.3 is 5.32 Å². The zero-order valence-corrected chi connectivity index (χ0v) is 17.0. The lowest BCUT2D eigenvalue weighted by Crippen LogP contribution is -2.35. The van der Waals surface area contributed by atoms with Gasteiger partial charge in [-0.15, -0.1) is 0 Å². The summed E-state index contributed by atoms with van der Waals surface area (Å²) >= 11 is 5.67. The third-order valence-corrected chi connectivity index (χ3v) is 5.41. The molecule has 1 N–H and O–H groups in total. The standard InChI is InChI=1S/C16H14ClF3N6O3S/c1-8(16(18,19)20)26-13-11(7-23-15(17)25-13)24-12(14(26)27)22-5-9-3-4-10(6-21-9)30(2,28)29/h3-4,6-8H,5H2,1-2H3,(H,22,24)/t8-/m0/s1. The molecule has 0 radical (unpaired) electrons. The number of sulfone groups is 1. The first kappa shape index (κ1) is 21.9. The molecule has 0 bridgehead atoms. The first-order valence-electron chi connectivity index (χ1n) is 8.28. The summed E-state index contributed by atoms with van der Waals surface area (Å²) in [6, 6.07) is 0.534. The summed E-state index contributed by atoms with van der Waals surface area (Å²) in [4.78, 5) is 28.1. The van der Waals surface area contributed by atoms with Crippen molar-refractivity contribution in [2.45, 2.75) is 30.6 Å². The van der Waals surface area contributed by atoms with E-state index < -0.39 is 27.6 Å². The van der Waals surface area contributed by atoms with Gasteiger partial charge in [-0.3, -0.25) is 14.3 Å². The van der Waals surface area contributed by atoms with Crippen LogP contribution in [0.15, 0.2) is 34.2 Å². The van der Waals surface area contributed by atoms with Crippen molar-refractivity contribution < 1.29 is 21.6 Å². The van der Waals surface area contributed by atoms with Crippen LogP contribution in [0.3, 0.4) is 0 Å². The minimum atomic E-state index is -4.73. The molecule has 160 valence electrons. The molecule has 3 aromatic heterocycles. The predicted molar refractivity (Wildman–Crippen MR) is 102 cm³/mol. The Morgan fingerprint density at radius 2 is 1.90 bits per heavy atom. The van der Waals surface area contributed by atoms with Gasteiger partial charge in [-0.1, -0.05) is 0 Å². The summed E-state index contributed by atoms with van der Waals surface area (Å²) in [7, 11) is -3.43. The van der Waals surface area contributed by atoms with Gasteiger partial charge in [0.2, 0.25) is 5.28 Å². The van der Waals surface area contributed by atoms with E-state index in [1.165, 1.54) is 12.1 Å². The van der Waals surface area contributed by atoms with E-state index in [4.69, 9.17) is 11.6 Å². The summed E-state index contributed by atoms with van der Waals surface area (Å²) in [5.41, 5.74) is -1.15. The van der Waals surface area contributed by atoms with E-state index in [1.54, 1.807) is 0 Å². The average Bonchev–Trinajstić information content (AvgIpc) is 2.65. The minimum Gasteiger partial charge on any atom is -0.360 e. The minimum absolute atomic E-state index is 0.00506. The highest BCUT2D eigenvalue weighted by Gasteiger charge is 2.39. The molecule has 3 aromatic rings. The molecule has 9 nitrogen and oxygen atoms in total. The second-order valence-corrected chi connectivity index (χ2v) is 8.67. The van der Waals surface area contributed by atoms with Crippen LogP contribution in [-0.4, -0.2) is 45.4 Å². The molecular formula is C16H14ClF3N6O3S. The predicted octanol–water partition coefficient (Wildman–Crippen LogP) is 2.37. The molecule has 3 rings (SSSR count). The van der Waals surface area contributed by atoms with Crippen molar-refractivity contribution in [2.24, 2.45) is 0 Å². The number of aromatic nitrogens is 5. The summed E-state index contributed by atoms with van der Waals surface area (Å²) in [6.45, 7) is 0.721. The smallest absolute Gasteiger partial charge is 0.360 e. The first-order valence-corrected chi connectivity index (χ1v) is 10.5. The van der Waals surface area contributed by atoms with Gasteiger partial charge in [-0.2, -0.15) is 18.2 Å². The number of anilines is 1. The molecule has 0 saturated carbocycles. The van der Waals surface area contributed by atoms with E-state index in [0.717, 1.165) is 25.6 Å². The normalized spacial score (nSPS) is 13.4. The van der Waals surface area contributed by atoms with Crippen LogP contribution in [-0.2, 0) is 16.4 Å². The number of hydrogen-bond acceptors (Lipinski definition) is 8. The largest absolute Gasteiger partial charge is 0.409 e. The fourth-order valence-electron chi connectivity index (χ4n) is 2.51. The van der Waals surface area contributed by atoms with Crippen molar-refractivity contribution in [3.8, 4) is 0 Å². The Labute approximate surface area is 172 Å². The number of fused-ring (bicyclic) bond motifs is 1. The van der Waals surface area contributed by atoms with Gasteiger partial charge >= 0.3 is 6.18 Å². The van der Waals surface area contributed by atoms with E-state index in [2.05, 4.69) is 25.3 Å². The molecule has 0 saturated heterocycles. The summed E-state index contributed by atoms with van der Waals surface area (Å²) < 4.78 is 63.4. The van der Waals surface area contributed by atoms with E-state index in [1.807, 2.05) is 0 Å². The average molecular weight is 463 g/mol. The quantitative estimate of drug-likeness (QED) is 0.574. The highest BCUT2D eigenvalue weighted by Crippen LogP contribution is 2.31. The number of hydrogen-bond donors (Lipinski definition) is 1. The zero-order valence-electron chi connectivity index (χ0n) is 15.5. The van der Waals surface area contributed by atoms with Gasteiger partial charge in [0.05, 0.1) is 23.3 Å². The Morgan fingerprint density at radius 3 is 2.47 bits per heavy atom. The molecule has 30 heavy (non-hydrogen) atoms. The second-order valence-electron chi connectivity index (χ2n) is 6.31. The first-order chi connectivity index (χ1) is 13.9. The van der Waals surface area contributed by atoms with Crippen molar-refractivity contribution in [3.05, 3.63) is 45.9 Å². The summed E-state index contributed by atoms with van der Waals surface area (Å²) in [6.07, 6.45) is -1.45. The van der Waals surface area contributed by atoms with Gasteiger partial charge in [0.1, 0.15) is 11.6 Å². The van der Waals surface area contributed by atoms with Gasteiger partial charge in [-0.25, -0.2) is 18.4 Å². The van der Waals surface area contributed by atoms with Crippen LogP contribution in [0.1, 0.15) is 18.7 Å². The second kappa shape index (κ2) is 7.80. The number of halogens is 4. The Hall–Kier alpha value is -2.80. The number of nitrogens with zero attached hydrogens (tertiary/aromatic N) is 5. The van der Waals surface area contributed by atoms with Crippen molar-refractivity contribution in [1.29, 1.82) is 0 Å². The fourth-order valence-corrected chi connectivity index (χ4v) is 3.20.